The summed E-state index contributed by atoms with van der Waals surface area (Å²) in [6, 6.07) is 14.9. The Balaban J connectivity index is 1.94. The largest absolute Gasteiger partial charge is 0.508 e. The van der Waals surface area contributed by atoms with E-state index in [-0.39, 0.29) is 16.9 Å². The van der Waals surface area contributed by atoms with E-state index in [0.717, 1.165) is 30.4 Å². The molecule has 4 saturated carbocycles. The Labute approximate surface area is 183 Å². The SMILES string of the molecule is CC1C2CC3CC(C=CC(=O)O)(C2)C(c2ccccc2O)(c2ccccc2O)C1(C)C3. The summed E-state index contributed by atoms with van der Waals surface area (Å²) >= 11 is 0. The van der Waals surface area contributed by atoms with Gasteiger partial charge in [-0.2, -0.15) is 0 Å². The highest BCUT2D eigenvalue weighted by atomic mass is 16.4. The quantitative estimate of drug-likeness (QED) is 0.574. The van der Waals surface area contributed by atoms with Crippen LogP contribution in [-0.2, 0) is 10.2 Å². The first-order chi connectivity index (χ1) is 14.7. The minimum atomic E-state index is -0.961. The lowest BCUT2D eigenvalue weighted by Gasteiger charge is -2.74. The molecule has 3 N–H and O–H groups in total. The minimum absolute atomic E-state index is 0.203. The molecule has 4 aliphatic carbocycles. The third-order valence-corrected chi connectivity index (χ3v) is 9.10. The van der Waals surface area contributed by atoms with Crippen LogP contribution in [0.4, 0.5) is 0 Å². The highest BCUT2D eigenvalue weighted by Crippen LogP contribution is 2.79. The van der Waals surface area contributed by atoms with Crippen LogP contribution in [0.25, 0.3) is 0 Å². The van der Waals surface area contributed by atoms with Crippen molar-refractivity contribution in [2.24, 2.45) is 28.6 Å². The molecule has 0 heterocycles. The van der Waals surface area contributed by atoms with E-state index in [2.05, 4.69) is 13.8 Å². The lowest BCUT2D eigenvalue weighted by molar-refractivity contribution is -0.180. The lowest BCUT2D eigenvalue weighted by atomic mass is 9.29. The molecular weight excluding hydrogens is 388 g/mol. The topological polar surface area (TPSA) is 77.8 Å². The zero-order valence-corrected chi connectivity index (χ0v) is 18.1. The molecule has 4 fully saturated rings. The molecular formula is C27H30O4. The van der Waals surface area contributed by atoms with Crippen LogP contribution in [0.3, 0.4) is 0 Å². The van der Waals surface area contributed by atoms with Gasteiger partial charge in [-0.25, -0.2) is 4.79 Å². The second kappa shape index (κ2) is 6.62. The molecule has 162 valence electrons. The Morgan fingerprint density at radius 1 is 0.968 bits per heavy atom. The summed E-state index contributed by atoms with van der Waals surface area (Å²) in [5, 5.41) is 31.9. The molecule has 4 bridgehead atoms. The van der Waals surface area contributed by atoms with Gasteiger partial charge in [0.15, 0.2) is 0 Å². The number of carbonyl (C=O) groups is 1. The Kier molecular flexibility index (Phi) is 4.31. The van der Waals surface area contributed by atoms with Crippen molar-refractivity contribution in [3.05, 3.63) is 71.8 Å². The number of hydrogen-bond donors (Lipinski definition) is 3. The van der Waals surface area contributed by atoms with Crippen LogP contribution >= 0.6 is 0 Å². The molecule has 0 saturated heterocycles. The molecule has 5 atom stereocenters. The standard InChI is InChI=1S/C27H30O4/c1-17-19-13-18-14-25(17,2)27(20-7-3-5-9-22(20)28,21-8-4-6-10-23(21)29)26(15-18,16-19)12-11-24(30)31/h3-12,17-19,28-29H,13-16H2,1-2H3,(H,30,31). The van der Waals surface area contributed by atoms with Gasteiger partial charge in [-0.3, -0.25) is 0 Å². The van der Waals surface area contributed by atoms with Crippen LogP contribution in [0.5, 0.6) is 11.5 Å². The van der Waals surface area contributed by atoms with Crippen LogP contribution < -0.4 is 0 Å². The second-order valence-corrected chi connectivity index (χ2v) is 10.3. The van der Waals surface area contributed by atoms with E-state index in [9.17, 15) is 20.1 Å². The lowest BCUT2D eigenvalue weighted by Crippen LogP contribution is -2.70. The summed E-state index contributed by atoms with van der Waals surface area (Å²) in [7, 11) is 0. The molecule has 0 spiro atoms. The summed E-state index contributed by atoms with van der Waals surface area (Å²) in [5.74, 6) is 0.834. The predicted octanol–water partition coefficient (Wildman–Crippen LogP) is 5.49. The molecule has 4 nitrogen and oxygen atoms in total. The summed E-state index contributed by atoms with van der Waals surface area (Å²) in [6.45, 7) is 4.61. The molecule has 6 rings (SSSR count). The first-order valence-corrected chi connectivity index (χ1v) is 11.2. The van der Waals surface area contributed by atoms with Gasteiger partial charge in [-0.05, 0) is 61.0 Å². The number of phenolic OH excluding ortho intramolecular Hbond substituents is 2. The summed E-state index contributed by atoms with van der Waals surface area (Å²) in [4.78, 5) is 11.7. The van der Waals surface area contributed by atoms with Gasteiger partial charge in [0, 0.05) is 28.0 Å². The van der Waals surface area contributed by atoms with E-state index in [1.54, 1.807) is 12.1 Å². The fourth-order valence-corrected chi connectivity index (χ4v) is 8.24. The van der Waals surface area contributed by atoms with Crippen molar-refractivity contribution in [1.82, 2.24) is 0 Å². The van der Waals surface area contributed by atoms with Gasteiger partial charge in [-0.1, -0.05) is 56.3 Å². The van der Waals surface area contributed by atoms with Crippen LogP contribution in [0, 0.1) is 28.6 Å². The van der Waals surface area contributed by atoms with E-state index in [1.807, 2.05) is 42.5 Å². The number of benzene rings is 2. The Morgan fingerprint density at radius 2 is 1.55 bits per heavy atom. The molecule has 31 heavy (non-hydrogen) atoms. The van der Waals surface area contributed by atoms with Gasteiger partial charge in [0.2, 0.25) is 0 Å². The number of carboxylic acids is 1. The molecule has 2 aromatic carbocycles. The van der Waals surface area contributed by atoms with Gasteiger partial charge < -0.3 is 15.3 Å². The van der Waals surface area contributed by atoms with E-state index in [1.165, 1.54) is 12.5 Å². The smallest absolute Gasteiger partial charge is 0.327 e. The summed E-state index contributed by atoms with van der Waals surface area (Å²) < 4.78 is 0. The number of carboxylic acid groups (broad SMARTS) is 1. The normalized spacial score (nSPS) is 35.5. The van der Waals surface area contributed by atoms with Crippen molar-refractivity contribution >= 4 is 5.97 Å². The highest BCUT2D eigenvalue weighted by Gasteiger charge is 2.73. The van der Waals surface area contributed by atoms with Crippen molar-refractivity contribution in [2.45, 2.75) is 44.9 Å². The fourth-order valence-electron chi connectivity index (χ4n) is 8.24. The first kappa shape index (κ1) is 20.2. The van der Waals surface area contributed by atoms with Crippen LogP contribution in [0.1, 0.15) is 50.7 Å². The number of phenols is 2. The zero-order chi connectivity index (χ0) is 22.0. The number of aliphatic carboxylic acids is 1. The van der Waals surface area contributed by atoms with Crippen molar-refractivity contribution in [1.29, 1.82) is 0 Å². The molecule has 0 aliphatic heterocycles. The maximum absolute atomic E-state index is 11.7. The van der Waals surface area contributed by atoms with Gasteiger partial charge in [0.1, 0.15) is 11.5 Å². The third kappa shape index (κ3) is 2.45. The molecule has 4 aliphatic rings. The maximum Gasteiger partial charge on any atom is 0.327 e. The van der Waals surface area contributed by atoms with E-state index in [0.29, 0.717) is 17.8 Å². The highest BCUT2D eigenvalue weighted by molar-refractivity contribution is 5.80. The first-order valence-electron chi connectivity index (χ1n) is 11.2. The van der Waals surface area contributed by atoms with Crippen molar-refractivity contribution < 1.29 is 20.1 Å². The summed E-state index contributed by atoms with van der Waals surface area (Å²) in [6.07, 6.45) is 7.07. The number of rotatable bonds is 4. The zero-order valence-electron chi connectivity index (χ0n) is 18.1. The van der Waals surface area contributed by atoms with E-state index < -0.39 is 16.8 Å². The van der Waals surface area contributed by atoms with E-state index in [4.69, 9.17) is 0 Å². The van der Waals surface area contributed by atoms with Crippen LogP contribution in [-0.4, -0.2) is 21.3 Å². The summed E-state index contributed by atoms with van der Waals surface area (Å²) in [5.41, 5.74) is 0.0859. The third-order valence-electron chi connectivity index (χ3n) is 9.10. The second-order valence-electron chi connectivity index (χ2n) is 10.3. The van der Waals surface area contributed by atoms with Gasteiger partial charge in [0.25, 0.3) is 0 Å². The molecule has 0 aromatic heterocycles. The van der Waals surface area contributed by atoms with Crippen molar-refractivity contribution in [2.75, 3.05) is 0 Å². The number of aromatic hydroxyl groups is 2. The van der Waals surface area contributed by atoms with Crippen LogP contribution in [0.2, 0.25) is 0 Å². The van der Waals surface area contributed by atoms with Gasteiger partial charge in [0.05, 0.1) is 0 Å². The molecule has 0 radical (unpaired) electrons. The van der Waals surface area contributed by atoms with Gasteiger partial charge >= 0.3 is 5.97 Å². The predicted molar refractivity (Wildman–Crippen MR) is 119 cm³/mol. The minimum Gasteiger partial charge on any atom is -0.508 e. The molecule has 5 unspecified atom stereocenters. The Bertz CT molecular complexity index is 1030. The van der Waals surface area contributed by atoms with E-state index >= 15 is 0 Å². The van der Waals surface area contributed by atoms with Gasteiger partial charge in [-0.15, -0.1) is 0 Å². The number of hydrogen-bond acceptors (Lipinski definition) is 3. The average molecular weight is 419 g/mol. The Hall–Kier alpha value is -2.75. The number of allylic oxidation sites excluding steroid dienone is 1. The molecule has 0 amide bonds. The fraction of sp³-hybridized carbons (Fsp3) is 0.444. The molecule has 4 heteroatoms. The van der Waals surface area contributed by atoms with Crippen molar-refractivity contribution in [3.8, 4) is 11.5 Å². The van der Waals surface area contributed by atoms with Crippen LogP contribution in [0.15, 0.2) is 60.7 Å². The maximum atomic E-state index is 11.7. The monoisotopic (exact) mass is 418 g/mol. The Morgan fingerprint density at radius 3 is 2.10 bits per heavy atom. The average Bonchev–Trinajstić information content (AvgIpc) is 2.73. The molecule has 2 aromatic rings. The van der Waals surface area contributed by atoms with Crippen molar-refractivity contribution in [3.63, 3.8) is 0 Å². The number of para-hydroxylation sites is 2.